The van der Waals surface area contributed by atoms with Crippen LogP contribution in [0.3, 0.4) is 0 Å². The highest BCUT2D eigenvalue weighted by molar-refractivity contribution is 8.00. The summed E-state index contributed by atoms with van der Waals surface area (Å²) in [6, 6.07) is 27.3. The Morgan fingerprint density at radius 1 is 0.825 bits per heavy atom. The fraction of sp³-hybridized carbons (Fsp3) is 0.0938. The summed E-state index contributed by atoms with van der Waals surface area (Å²) >= 11 is 1.37. The number of rotatable bonds is 9. The molecule has 0 fully saturated rings. The summed E-state index contributed by atoms with van der Waals surface area (Å²) in [6.45, 7) is 3.92. The molecular weight excluding hydrogens is 525 g/mol. The number of anilines is 2. The molecule has 202 valence electrons. The SMILES string of the molecule is Cc1ccc(C)c(NC(=O)CSc2ccc(NC(=O)/C(=C/c3ccccc3F)NC(=O)c3ccccc3)cc2)c1. The highest BCUT2D eigenvalue weighted by Gasteiger charge is 2.16. The number of benzene rings is 4. The molecule has 0 aliphatic rings. The average molecular weight is 554 g/mol. The molecule has 8 heteroatoms. The Kier molecular flexibility index (Phi) is 9.48. The number of aryl methyl sites for hydroxylation is 2. The fourth-order valence-electron chi connectivity index (χ4n) is 3.73. The minimum Gasteiger partial charge on any atom is -0.325 e. The van der Waals surface area contributed by atoms with Gasteiger partial charge in [0, 0.05) is 27.4 Å². The standard InChI is InChI=1S/C32H28FN3O3S/c1-21-12-13-22(2)28(18-21)35-30(37)20-40-26-16-14-25(15-17-26)34-32(39)29(19-24-10-6-7-11-27(24)33)36-31(38)23-8-4-3-5-9-23/h3-19H,20H2,1-2H3,(H,34,39)(H,35,37)(H,36,38)/b29-19-. The first-order valence-corrected chi connectivity index (χ1v) is 13.5. The van der Waals surface area contributed by atoms with Crippen LogP contribution in [0.1, 0.15) is 27.0 Å². The van der Waals surface area contributed by atoms with E-state index in [4.69, 9.17) is 0 Å². The minimum atomic E-state index is -0.610. The molecule has 0 aliphatic carbocycles. The number of carbonyl (C=O) groups excluding carboxylic acids is 3. The zero-order valence-electron chi connectivity index (χ0n) is 22.0. The van der Waals surface area contributed by atoms with Crippen molar-refractivity contribution in [3.05, 3.63) is 131 Å². The van der Waals surface area contributed by atoms with Crippen LogP contribution in [0.4, 0.5) is 15.8 Å². The van der Waals surface area contributed by atoms with Gasteiger partial charge in [0.25, 0.3) is 11.8 Å². The van der Waals surface area contributed by atoms with E-state index in [0.29, 0.717) is 11.3 Å². The van der Waals surface area contributed by atoms with Gasteiger partial charge in [-0.3, -0.25) is 14.4 Å². The second-order valence-electron chi connectivity index (χ2n) is 9.03. The molecule has 6 nitrogen and oxygen atoms in total. The molecule has 0 radical (unpaired) electrons. The number of carbonyl (C=O) groups is 3. The van der Waals surface area contributed by atoms with Crippen molar-refractivity contribution in [3.63, 3.8) is 0 Å². The Balaban J connectivity index is 1.41. The van der Waals surface area contributed by atoms with Crippen molar-refractivity contribution in [3.8, 4) is 0 Å². The first-order valence-electron chi connectivity index (χ1n) is 12.5. The Labute approximate surface area is 236 Å². The Morgan fingerprint density at radius 3 is 2.25 bits per heavy atom. The molecule has 0 heterocycles. The summed E-state index contributed by atoms with van der Waals surface area (Å²) in [5.41, 5.74) is 3.74. The van der Waals surface area contributed by atoms with Crippen molar-refractivity contribution in [2.75, 3.05) is 16.4 Å². The van der Waals surface area contributed by atoms with Gasteiger partial charge in [-0.25, -0.2) is 4.39 Å². The van der Waals surface area contributed by atoms with Crippen LogP contribution < -0.4 is 16.0 Å². The molecule has 4 rings (SSSR count). The Hall–Kier alpha value is -4.69. The first kappa shape index (κ1) is 28.3. The van der Waals surface area contributed by atoms with E-state index in [0.717, 1.165) is 21.7 Å². The van der Waals surface area contributed by atoms with Crippen LogP contribution in [-0.2, 0) is 9.59 Å². The van der Waals surface area contributed by atoms with E-state index in [1.54, 1.807) is 66.7 Å². The predicted molar refractivity (Wildman–Crippen MR) is 159 cm³/mol. The van der Waals surface area contributed by atoms with Crippen LogP contribution >= 0.6 is 11.8 Å². The molecule has 0 saturated heterocycles. The van der Waals surface area contributed by atoms with Gasteiger partial charge in [0.1, 0.15) is 11.5 Å². The van der Waals surface area contributed by atoms with Gasteiger partial charge in [-0.1, -0.05) is 48.5 Å². The van der Waals surface area contributed by atoms with E-state index in [-0.39, 0.29) is 22.9 Å². The molecule has 0 atom stereocenters. The lowest BCUT2D eigenvalue weighted by molar-refractivity contribution is -0.114. The van der Waals surface area contributed by atoms with Crippen molar-refractivity contribution in [2.45, 2.75) is 18.7 Å². The van der Waals surface area contributed by atoms with Crippen molar-refractivity contribution < 1.29 is 18.8 Å². The Morgan fingerprint density at radius 2 is 1.52 bits per heavy atom. The van der Waals surface area contributed by atoms with Crippen LogP contribution in [0.5, 0.6) is 0 Å². The number of thioether (sulfide) groups is 1. The summed E-state index contributed by atoms with van der Waals surface area (Å²) in [5, 5.41) is 8.28. The van der Waals surface area contributed by atoms with Crippen LogP contribution in [0.15, 0.2) is 108 Å². The molecule has 40 heavy (non-hydrogen) atoms. The highest BCUT2D eigenvalue weighted by atomic mass is 32.2. The number of amides is 3. The number of hydrogen-bond acceptors (Lipinski definition) is 4. The van der Waals surface area contributed by atoms with Crippen molar-refractivity contribution in [2.24, 2.45) is 0 Å². The van der Waals surface area contributed by atoms with Crippen LogP contribution in [0, 0.1) is 19.7 Å². The number of nitrogens with one attached hydrogen (secondary N) is 3. The second-order valence-corrected chi connectivity index (χ2v) is 10.1. The molecule has 0 aliphatic heterocycles. The second kappa shape index (κ2) is 13.4. The summed E-state index contributed by atoms with van der Waals surface area (Å²) in [4.78, 5) is 39.2. The normalized spacial score (nSPS) is 11.0. The molecular formula is C32H28FN3O3S. The van der Waals surface area contributed by atoms with Crippen LogP contribution in [0.2, 0.25) is 0 Å². The van der Waals surface area contributed by atoms with Gasteiger partial charge < -0.3 is 16.0 Å². The third kappa shape index (κ3) is 7.91. The largest absolute Gasteiger partial charge is 0.325 e. The zero-order valence-corrected chi connectivity index (χ0v) is 22.8. The van der Waals surface area contributed by atoms with Gasteiger partial charge in [0.2, 0.25) is 5.91 Å². The average Bonchev–Trinajstić information content (AvgIpc) is 2.95. The maximum Gasteiger partial charge on any atom is 0.272 e. The van der Waals surface area contributed by atoms with Crippen molar-refractivity contribution in [1.82, 2.24) is 5.32 Å². The Bertz CT molecular complexity index is 1550. The van der Waals surface area contributed by atoms with E-state index in [9.17, 15) is 18.8 Å². The zero-order chi connectivity index (χ0) is 28.5. The predicted octanol–water partition coefficient (Wildman–Crippen LogP) is 6.58. The summed E-state index contributed by atoms with van der Waals surface area (Å²) in [7, 11) is 0. The van der Waals surface area contributed by atoms with Crippen molar-refractivity contribution in [1.29, 1.82) is 0 Å². The molecule has 0 aromatic heterocycles. The van der Waals surface area contributed by atoms with Gasteiger partial charge >= 0.3 is 0 Å². The van der Waals surface area contributed by atoms with Gasteiger partial charge in [-0.05, 0) is 79.6 Å². The van der Waals surface area contributed by atoms with Gasteiger partial charge in [-0.2, -0.15) is 0 Å². The third-order valence-corrected chi connectivity index (χ3v) is 6.90. The lowest BCUT2D eigenvalue weighted by atomic mass is 10.1. The van der Waals surface area contributed by atoms with Crippen LogP contribution in [-0.4, -0.2) is 23.5 Å². The maximum absolute atomic E-state index is 14.3. The van der Waals surface area contributed by atoms with E-state index in [2.05, 4.69) is 16.0 Å². The smallest absolute Gasteiger partial charge is 0.272 e. The molecule has 4 aromatic carbocycles. The van der Waals surface area contributed by atoms with Crippen LogP contribution in [0.25, 0.3) is 6.08 Å². The lowest BCUT2D eigenvalue weighted by Crippen LogP contribution is -2.30. The third-order valence-electron chi connectivity index (χ3n) is 5.88. The maximum atomic E-state index is 14.3. The summed E-state index contributed by atoms with van der Waals surface area (Å²) in [6.07, 6.45) is 1.30. The lowest BCUT2D eigenvalue weighted by Gasteiger charge is -2.12. The van der Waals surface area contributed by atoms with E-state index in [1.165, 1.54) is 30.0 Å². The molecule has 0 saturated carbocycles. The minimum absolute atomic E-state index is 0.111. The molecule has 3 amide bonds. The van der Waals surface area contributed by atoms with E-state index in [1.807, 2.05) is 32.0 Å². The first-order chi connectivity index (χ1) is 19.3. The van der Waals surface area contributed by atoms with Crippen molar-refractivity contribution >= 4 is 46.9 Å². The van der Waals surface area contributed by atoms with E-state index < -0.39 is 17.6 Å². The van der Waals surface area contributed by atoms with E-state index >= 15 is 0 Å². The van der Waals surface area contributed by atoms with Gasteiger partial charge in [-0.15, -0.1) is 11.8 Å². The fourth-order valence-corrected chi connectivity index (χ4v) is 4.43. The topological polar surface area (TPSA) is 87.3 Å². The molecule has 0 bridgehead atoms. The molecule has 0 spiro atoms. The number of hydrogen-bond donors (Lipinski definition) is 3. The number of halogens is 1. The highest BCUT2D eigenvalue weighted by Crippen LogP contribution is 2.22. The van der Waals surface area contributed by atoms with Gasteiger partial charge in [0.05, 0.1) is 5.75 Å². The summed E-state index contributed by atoms with van der Waals surface area (Å²) in [5.74, 6) is -1.52. The molecule has 0 unspecified atom stereocenters. The molecule has 3 N–H and O–H groups in total. The monoisotopic (exact) mass is 553 g/mol. The quantitative estimate of drug-likeness (QED) is 0.161. The molecule has 4 aromatic rings. The summed E-state index contributed by atoms with van der Waals surface area (Å²) < 4.78 is 14.3. The van der Waals surface area contributed by atoms with Gasteiger partial charge in [0.15, 0.2) is 0 Å².